The van der Waals surface area contributed by atoms with Gasteiger partial charge in [-0.2, -0.15) is 0 Å². The van der Waals surface area contributed by atoms with Gasteiger partial charge in [0.15, 0.2) is 0 Å². The molecule has 0 aliphatic heterocycles. The summed E-state index contributed by atoms with van der Waals surface area (Å²) in [5, 5.41) is 5.95. The van der Waals surface area contributed by atoms with E-state index in [4.69, 9.17) is 0 Å². The average Bonchev–Trinajstić information content (AvgIpc) is 3.29. The van der Waals surface area contributed by atoms with Crippen LogP contribution in [0.1, 0.15) is 48.9 Å². The van der Waals surface area contributed by atoms with Crippen molar-refractivity contribution in [2.75, 3.05) is 5.32 Å². The Hall–Kier alpha value is -3.48. The maximum Gasteiger partial charge on any atom is 0.273 e. The lowest BCUT2D eigenvalue weighted by atomic mass is 10.1. The number of hydrogen-bond acceptors (Lipinski definition) is 4. The summed E-state index contributed by atoms with van der Waals surface area (Å²) in [5.41, 5.74) is 3.99. The Bertz CT molecular complexity index is 1240. The topological polar surface area (TPSA) is 93.1 Å². The number of carbonyl (C=O) groups excluding carboxylic acids is 2. The van der Waals surface area contributed by atoms with Gasteiger partial charge in [0.05, 0.1) is 11.0 Å². The number of rotatable bonds is 7. The van der Waals surface area contributed by atoms with Crippen LogP contribution in [0.15, 0.2) is 47.3 Å². The number of carbonyl (C=O) groups is 2. The van der Waals surface area contributed by atoms with Crippen LogP contribution in [0.25, 0.3) is 11.0 Å². The highest BCUT2D eigenvalue weighted by atomic mass is 16.2. The number of aromatic nitrogens is 2. The number of anilines is 1. The van der Waals surface area contributed by atoms with Crippen LogP contribution in [-0.2, 0) is 22.6 Å². The Morgan fingerprint density at radius 1 is 1.06 bits per heavy atom. The zero-order chi connectivity index (χ0) is 23.4. The first-order chi connectivity index (χ1) is 15.9. The summed E-state index contributed by atoms with van der Waals surface area (Å²) in [6.45, 7) is 3.80. The number of nitrogens with one attached hydrogen (secondary N) is 2. The molecule has 0 unspecified atom stereocenters. The van der Waals surface area contributed by atoms with Gasteiger partial charge >= 0.3 is 0 Å². The third-order valence-corrected chi connectivity index (χ3v) is 6.19. The van der Waals surface area contributed by atoms with E-state index in [1.807, 2.05) is 50.2 Å². The maximum atomic E-state index is 13.2. The van der Waals surface area contributed by atoms with Crippen molar-refractivity contribution in [3.05, 3.63) is 69.6 Å². The number of fused-ring (bicyclic) bond motifs is 1. The number of aryl methyl sites for hydroxylation is 3. The summed E-state index contributed by atoms with van der Waals surface area (Å²) in [5.74, 6) is -0.347. The predicted molar refractivity (Wildman–Crippen MR) is 129 cm³/mol. The first-order valence-corrected chi connectivity index (χ1v) is 11.6. The van der Waals surface area contributed by atoms with Crippen LogP contribution >= 0.6 is 0 Å². The summed E-state index contributed by atoms with van der Waals surface area (Å²) in [7, 11) is 0. The fourth-order valence-corrected chi connectivity index (χ4v) is 4.45. The molecule has 1 aromatic heterocycles. The van der Waals surface area contributed by atoms with Crippen LogP contribution in [-0.4, -0.2) is 27.4 Å². The van der Waals surface area contributed by atoms with Crippen molar-refractivity contribution < 1.29 is 9.59 Å². The summed E-state index contributed by atoms with van der Waals surface area (Å²) in [6, 6.07) is 13.3. The minimum atomic E-state index is -0.335. The van der Waals surface area contributed by atoms with E-state index in [9.17, 15) is 14.4 Å². The van der Waals surface area contributed by atoms with Crippen molar-refractivity contribution in [3.8, 4) is 0 Å². The molecular formula is C26H30N4O3. The molecule has 1 saturated carbocycles. The number of benzene rings is 2. The molecule has 1 aliphatic rings. The van der Waals surface area contributed by atoms with Gasteiger partial charge in [-0.3, -0.25) is 19.0 Å². The predicted octanol–water partition coefficient (Wildman–Crippen LogP) is 3.64. The normalized spacial score (nSPS) is 13.9. The molecular weight excluding hydrogens is 416 g/mol. The van der Waals surface area contributed by atoms with Gasteiger partial charge in [-0.15, -0.1) is 0 Å². The van der Waals surface area contributed by atoms with Crippen LogP contribution in [0.5, 0.6) is 0 Å². The molecule has 0 atom stereocenters. The van der Waals surface area contributed by atoms with Gasteiger partial charge < -0.3 is 10.6 Å². The largest absolute Gasteiger partial charge is 0.353 e. The zero-order valence-electron chi connectivity index (χ0n) is 19.2. The van der Waals surface area contributed by atoms with E-state index in [-0.39, 0.29) is 42.8 Å². The van der Waals surface area contributed by atoms with Crippen molar-refractivity contribution in [1.82, 2.24) is 14.9 Å². The molecule has 0 saturated heterocycles. The van der Waals surface area contributed by atoms with E-state index in [0.717, 1.165) is 42.5 Å². The Morgan fingerprint density at radius 2 is 1.82 bits per heavy atom. The summed E-state index contributed by atoms with van der Waals surface area (Å²) in [6.07, 6.45) is 4.76. The highest BCUT2D eigenvalue weighted by molar-refractivity contribution is 5.92. The van der Waals surface area contributed by atoms with Crippen LogP contribution in [0, 0.1) is 13.8 Å². The molecule has 2 aromatic carbocycles. The van der Waals surface area contributed by atoms with Gasteiger partial charge in [0.25, 0.3) is 5.56 Å². The molecule has 4 rings (SSSR count). The summed E-state index contributed by atoms with van der Waals surface area (Å²) in [4.78, 5) is 42.9. The molecule has 7 heteroatoms. The van der Waals surface area contributed by atoms with E-state index >= 15 is 0 Å². The monoisotopic (exact) mass is 446 g/mol. The van der Waals surface area contributed by atoms with Crippen molar-refractivity contribution in [2.24, 2.45) is 0 Å². The molecule has 1 aliphatic carbocycles. The lowest BCUT2D eigenvalue weighted by molar-refractivity contribution is -0.121. The highest BCUT2D eigenvalue weighted by Gasteiger charge is 2.19. The number of para-hydroxylation sites is 2. The molecule has 1 fully saturated rings. The van der Waals surface area contributed by atoms with Crippen molar-refractivity contribution in [3.63, 3.8) is 0 Å². The third-order valence-electron chi connectivity index (χ3n) is 6.19. The minimum Gasteiger partial charge on any atom is -0.353 e. The Morgan fingerprint density at radius 3 is 2.58 bits per heavy atom. The lowest BCUT2D eigenvalue weighted by Crippen LogP contribution is -2.34. The van der Waals surface area contributed by atoms with Crippen molar-refractivity contribution in [2.45, 2.75) is 65.0 Å². The van der Waals surface area contributed by atoms with Crippen LogP contribution < -0.4 is 16.2 Å². The van der Waals surface area contributed by atoms with Gasteiger partial charge in [-0.05, 0) is 50.5 Å². The third kappa shape index (κ3) is 5.48. The highest BCUT2D eigenvalue weighted by Crippen LogP contribution is 2.18. The Balaban J connectivity index is 1.53. The molecule has 0 spiro atoms. The molecule has 0 radical (unpaired) electrons. The Labute approximate surface area is 193 Å². The first kappa shape index (κ1) is 22.7. The van der Waals surface area contributed by atoms with E-state index in [1.54, 1.807) is 6.07 Å². The van der Waals surface area contributed by atoms with E-state index in [1.165, 1.54) is 4.57 Å². The van der Waals surface area contributed by atoms with Crippen LogP contribution in [0.3, 0.4) is 0 Å². The van der Waals surface area contributed by atoms with Crippen LogP contribution in [0.4, 0.5) is 5.69 Å². The molecule has 33 heavy (non-hydrogen) atoms. The smallest absolute Gasteiger partial charge is 0.273 e. The van der Waals surface area contributed by atoms with Gasteiger partial charge in [0.1, 0.15) is 12.2 Å². The van der Waals surface area contributed by atoms with Gasteiger partial charge in [-0.1, -0.05) is 42.7 Å². The summed E-state index contributed by atoms with van der Waals surface area (Å²) < 4.78 is 1.45. The second-order valence-electron chi connectivity index (χ2n) is 8.85. The quantitative estimate of drug-likeness (QED) is 0.579. The van der Waals surface area contributed by atoms with E-state index < -0.39 is 0 Å². The zero-order valence-corrected chi connectivity index (χ0v) is 19.2. The summed E-state index contributed by atoms with van der Waals surface area (Å²) >= 11 is 0. The van der Waals surface area contributed by atoms with Gasteiger partial charge in [-0.25, -0.2) is 4.98 Å². The molecule has 2 N–H and O–H groups in total. The molecule has 3 aromatic rings. The SMILES string of the molecule is Cc1ccc(NC(=O)Cn2c(=O)c(CCC(=O)NC3CCCC3)nc3ccccc32)c(C)c1. The fraction of sp³-hybridized carbons (Fsp3) is 0.385. The number of hydrogen-bond donors (Lipinski definition) is 2. The van der Waals surface area contributed by atoms with Gasteiger partial charge in [0.2, 0.25) is 11.8 Å². The first-order valence-electron chi connectivity index (χ1n) is 11.6. The molecule has 172 valence electrons. The fourth-order valence-electron chi connectivity index (χ4n) is 4.45. The molecule has 7 nitrogen and oxygen atoms in total. The number of nitrogens with zero attached hydrogens (tertiary/aromatic N) is 2. The van der Waals surface area contributed by atoms with Crippen molar-refractivity contribution >= 4 is 28.5 Å². The number of amides is 2. The molecule has 2 amide bonds. The second kappa shape index (κ2) is 9.98. The Kier molecular flexibility index (Phi) is 6.87. The minimum absolute atomic E-state index is 0.0598. The lowest BCUT2D eigenvalue weighted by Gasteiger charge is -2.14. The average molecular weight is 447 g/mol. The standard InChI is InChI=1S/C26H30N4O3/c1-17-11-12-20(18(2)15-17)29-25(32)16-30-23-10-6-5-9-21(23)28-22(26(30)33)13-14-24(31)27-19-7-3-4-8-19/h5-6,9-12,15,19H,3-4,7-8,13-14,16H2,1-2H3,(H,27,31)(H,29,32). The van der Waals surface area contributed by atoms with E-state index in [2.05, 4.69) is 15.6 Å². The maximum absolute atomic E-state index is 13.2. The molecule has 1 heterocycles. The van der Waals surface area contributed by atoms with Crippen LogP contribution in [0.2, 0.25) is 0 Å². The second-order valence-corrected chi connectivity index (χ2v) is 8.85. The molecule has 0 bridgehead atoms. The van der Waals surface area contributed by atoms with Crippen molar-refractivity contribution in [1.29, 1.82) is 0 Å². The van der Waals surface area contributed by atoms with Gasteiger partial charge in [0, 0.05) is 24.6 Å². The van der Waals surface area contributed by atoms with E-state index in [0.29, 0.717) is 16.7 Å².